The molecule has 2 aliphatic heterocycles. The van der Waals surface area contributed by atoms with Gasteiger partial charge in [0, 0.05) is 62.1 Å². The molecule has 0 amide bonds. The second-order valence-electron chi connectivity index (χ2n) is 31.3. The summed E-state index contributed by atoms with van der Waals surface area (Å²) < 4.78 is 5.04. The van der Waals surface area contributed by atoms with Gasteiger partial charge in [0.25, 0.3) is 6.71 Å². The number of fused-ring (bicyclic) bond motifs is 10. The number of rotatable bonds is 8. The minimum atomic E-state index is -0.0665. The first-order valence-electron chi connectivity index (χ1n) is 36.4. The van der Waals surface area contributed by atoms with Crippen LogP contribution in [-0.4, -0.2) is 27.9 Å². The Labute approximate surface area is 563 Å². The third-order valence-corrected chi connectivity index (χ3v) is 23.9. The van der Waals surface area contributed by atoms with Crippen LogP contribution in [0.5, 0.6) is 0 Å². The molecule has 0 saturated carbocycles. The van der Waals surface area contributed by atoms with E-state index in [0.29, 0.717) is 34.9 Å². The molecule has 8 aliphatic rings. The predicted molar refractivity (Wildman–Crippen MR) is 401 cm³/mol. The first-order valence-corrected chi connectivity index (χ1v) is 36.4. The number of anilines is 4. The van der Waals surface area contributed by atoms with E-state index in [-0.39, 0.29) is 29.6 Å². The van der Waals surface area contributed by atoms with Gasteiger partial charge in [0.05, 0.1) is 52.4 Å². The van der Waals surface area contributed by atoms with Crippen LogP contribution in [0.25, 0.3) is 59.8 Å². The van der Waals surface area contributed by atoms with Crippen molar-refractivity contribution < 1.29 is 0 Å². The standard InChI is InChI=1S/C88H89BN6/c1-87(2,3)61-38-46-77-71(50-61)70-49-56(55-90)37-45-76(70)92(77)64-41-43-74-82(53-64)94(85-66(57-23-12-8-13-24-57)31-20-32-67(85)58-25-14-9-15-26-58)80-35-22-36-81-84(80)89(74)75-44-42-65(93-78-47-39-62(88(4,5)6)51-72(78)73-52-63(91-7)40-48-79(73)93)54-83(75)95(81)86-68(59-27-16-10-17-28-59)33-21-34-69(86)60-29-18-11-19-30-60/h8,10,12,16,22,25,29,31,33,35-54,57,59,67,69,85-86H,9,11,13-15,17-21,23-24,26-28,30,32,34H2,1-6H3. The van der Waals surface area contributed by atoms with Crippen molar-refractivity contribution in [2.75, 3.05) is 9.80 Å². The Balaban J connectivity index is 0.962. The summed E-state index contributed by atoms with van der Waals surface area (Å²) in [4.78, 5) is 9.96. The molecule has 0 radical (unpaired) electrons. The van der Waals surface area contributed by atoms with Crippen LogP contribution in [0.3, 0.4) is 0 Å². The van der Waals surface area contributed by atoms with Crippen LogP contribution in [0.4, 0.5) is 28.4 Å². The average Bonchev–Trinajstić information content (AvgIpc) is 1.02. The molecular weight excluding hydrogens is 1150 g/mol. The van der Waals surface area contributed by atoms with Crippen molar-refractivity contribution in [3.8, 4) is 17.4 Å². The van der Waals surface area contributed by atoms with Crippen LogP contribution < -0.4 is 26.2 Å². The van der Waals surface area contributed by atoms with Gasteiger partial charge in [-0.25, -0.2) is 4.85 Å². The molecular formula is C88H89BN6. The Morgan fingerprint density at radius 3 is 1.41 bits per heavy atom. The Kier molecular flexibility index (Phi) is 14.9. The van der Waals surface area contributed by atoms with Gasteiger partial charge >= 0.3 is 0 Å². The number of nitrogens with zero attached hydrogens (tertiary/aromatic N) is 6. The van der Waals surface area contributed by atoms with Crippen molar-refractivity contribution in [3.05, 3.63) is 226 Å². The zero-order valence-corrected chi connectivity index (χ0v) is 56.7. The quantitative estimate of drug-likeness (QED) is 0.0865. The lowest BCUT2D eigenvalue weighted by molar-refractivity contribution is 0.391. The fraction of sp³-hybridized carbons (Fsp3) is 0.364. The highest BCUT2D eigenvalue weighted by Crippen LogP contribution is 2.53. The highest BCUT2D eigenvalue weighted by molar-refractivity contribution is 7.00. The molecule has 0 fully saturated rings. The van der Waals surface area contributed by atoms with Crippen LogP contribution >= 0.6 is 0 Å². The zero-order chi connectivity index (χ0) is 64.4. The van der Waals surface area contributed by atoms with E-state index in [4.69, 9.17) is 6.57 Å². The highest BCUT2D eigenvalue weighted by Gasteiger charge is 2.50. The Bertz CT molecular complexity index is 4620. The maximum absolute atomic E-state index is 10.5. The van der Waals surface area contributed by atoms with Crippen molar-refractivity contribution in [3.63, 3.8) is 0 Å². The summed E-state index contributed by atoms with van der Waals surface area (Å²) in [5.74, 6) is 1.69. The lowest BCUT2D eigenvalue weighted by Crippen LogP contribution is -2.65. The molecule has 0 bridgehead atoms. The zero-order valence-electron chi connectivity index (χ0n) is 56.7. The molecule has 474 valence electrons. The van der Waals surface area contributed by atoms with E-state index in [1.807, 2.05) is 12.1 Å². The van der Waals surface area contributed by atoms with E-state index in [9.17, 15) is 5.26 Å². The highest BCUT2D eigenvalue weighted by atomic mass is 15.2. The Hall–Kier alpha value is -8.78. The molecule has 17 rings (SSSR count). The molecule has 6 aliphatic carbocycles. The van der Waals surface area contributed by atoms with Crippen LogP contribution in [0.1, 0.15) is 174 Å². The van der Waals surface area contributed by atoms with Gasteiger partial charge in [-0.1, -0.05) is 138 Å². The van der Waals surface area contributed by atoms with Crippen molar-refractivity contribution in [2.24, 2.45) is 23.7 Å². The van der Waals surface area contributed by atoms with E-state index in [1.54, 1.807) is 22.3 Å². The van der Waals surface area contributed by atoms with Crippen molar-refractivity contribution in [1.29, 1.82) is 5.26 Å². The van der Waals surface area contributed by atoms with E-state index < -0.39 is 0 Å². The molecule has 6 atom stereocenters. The summed E-state index contributed by atoms with van der Waals surface area (Å²) in [5, 5.41) is 15.1. The molecule has 6 nitrogen and oxygen atoms in total. The van der Waals surface area contributed by atoms with Crippen LogP contribution in [0, 0.1) is 41.6 Å². The fourth-order valence-corrected chi connectivity index (χ4v) is 19.2. The van der Waals surface area contributed by atoms with Gasteiger partial charge in [-0.3, -0.25) is 0 Å². The summed E-state index contributed by atoms with van der Waals surface area (Å²) in [6.07, 6.45) is 41.8. The number of allylic oxidation sites excluding steroid dienone is 8. The Morgan fingerprint density at radius 2 is 0.958 bits per heavy atom. The summed E-state index contributed by atoms with van der Waals surface area (Å²) in [6, 6.07) is 52.5. The third-order valence-electron chi connectivity index (χ3n) is 23.9. The minimum Gasteiger partial charge on any atom is -0.334 e. The first-order chi connectivity index (χ1) is 46.3. The summed E-state index contributed by atoms with van der Waals surface area (Å²) in [6.45, 7) is 22.0. The first kappa shape index (κ1) is 59.9. The van der Waals surface area contributed by atoms with Crippen molar-refractivity contribution >= 4 is 95.1 Å². The Morgan fingerprint density at radius 1 is 0.474 bits per heavy atom. The van der Waals surface area contributed by atoms with Gasteiger partial charge in [-0.05, 0) is 273 Å². The lowest BCUT2D eigenvalue weighted by Gasteiger charge is -2.53. The predicted octanol–water partition coefficient (Wildman–Crippen LogP) is 21.4. The number of benzene rings is 7. The normalized spacial score (nSPS) is 22.8. The van der Waals surface area contributed by atoms with Crippen molar-refractivity contribution in [1.82, 2.24) is 9.13 Å². The van der Waals surface area contributed by atoms with Gasteiger partial charge < -0.3 is 18.9 Å². The molecule has 7 aromatic carbocycles. The van der Waals surface area contributed by atoms with E-state index in [0.717, 1.165) is 90.1 Å². The topological polar surface area (TPSA) is 44.5 Å². The largest absolute Gasteiger partial charge is 0.334 e. The van der Waals surface area contributed by atoms with E-state index in [1.165, 1.54) is 131 Å². The number of aromatic nitrogens is 2. The van der Waals surface area contributed by atoms with E-state index in [2.05, 4.69) is 235 Å². The number of hydrogen-bond acceptors (Lipinski definition) is 3. The number of nitriles is 1. The lowest BCUT2D eigenvalue weighted by atomic mass is 9.33. The van der Waals surface area contributed by atoms with Crippen LogP contribution in [0.15, 0.2) is 198 Å². The van der Waals surface area contributed by atoms with Crippen LogP contribution in [-0.2, 0) is 10.8 Å². The third kappa shape index (κ3) is 9.98. The van der Waals surface area contributed by atoms with Gasteiger partial charge in [0.15, 0.2) is 5.69 Å². The molecule has 2 aromatic heterocycles. The van der Waals surface area contributed by atoms with Crippen molar-refractivity contribution in [2.45, 2.75) is 180 Å². The smallest absolute Gasteiger partial charge is 0.252 e. The van der Waals surface area contributed by atoms with Crippen LogP contribution in [0.2, 0.25) is 0 Å². The summed E-state index contributed by atoms with van der Waals surface area (Å²) in [5.41, 5.74) is 26.9. The molecule has 9 aromatic rings. The molecule has 95 heavy (non-hydrogen) atoms. The molecule has 0 N–H and O–H groups in total. The van der Waals surface area contributed by atoms with Gasteiger partial charge in [0.1, 0.15) is 0 Å². The van der Waals surface area contributed by atoms with Gasteiger partial charge in [-0.15, -0.1) is 0 Å². The SMILES string of the molecule is [C-]#[N+]c1ccc2c(c1)c1cc(C(C)(C)C)ccc1n2-c1ccc2c(c1)N(C1C(C3CC=CCC3)=CCCC1C1=CCCCC1)c1cccc3c1B2c1ccc(-n2c4ccc(C#N)cc4c4cc(C(C)(C)C)ccc42)cc1N3C1C(C2CC=CCC2)=CCCC1C1=CCCCC1. The average molecular weight is 1240 g/mol. The van der Waals surface area contributed by atoms with Gasteiger partial charge in [-0.2, -0.15) is 5.26 Å². The molecule has 6 unspecified atom stereocenters. The monoisotopic (exact) mass is 1240 g/mol. The molecule has 4 heterocycles. The summed E-state index contributed by atoms with van der Waals surface area (Å²) >= 11 is 0. The number of hydrogen-bond donors (Lipinski definition) is 0. The maximum Gasteiger partial charge on any atom is 0.252 e. The van der Waals surface area contributed by atoms with Gasteiger partial charge in [0.2, 0.25) is 0 Å². The molecule has 0 spiro atoms. The fourth-order valence-electron chi connectivity index (χ4n) is 19.2. The molecule has 7 heteroatoms. The second-order valence-corrected chi connectivity index (χ2v) is 31.3. The summed E-state index contributed by atoms with van der Waals surface area (Å²) in [7, 11) is 0. The minimum absolute atomic E-state index is 0.0489. The van der Waals surface area contributed by atoms with E-state index >= 15 is 0 Å². The second kappa shape index (κ2) is 23.5. The molecule has 0 saturated heterocycles. The maximum atomic E-state index is 10.5.